The molecule has 0 spiro atoms. The van der Waals surface area contributed by atoms with Gasteiger partial charge in [-0.3, -0.25) is 0 Å². The molecule has 2 N–H and O–H groups in total. The van der Waals surface area contributed by atoms with E-state index in [4.69, 9.17) is 0 Å². The average Bonchev–Trinajstić information content (AvgIpc) is 2.12. The second kappa shape index (κ2) is 2.88. The van der Waals surface area contributed by atoms with Crippen molar-refractivity contribution in [2.45, 2.75) is 23.5 Å². The van der Waals surface area contributed by atoms with Gasteiger partial charge in [0.1, 0.15) is 10.6 Å². The normalized spacial score (nSPS) is 21.5. The number of sulfone groups is 1. The van der Waals surface area contributed by atoms with Gasteiger partial charge in [-0.2, -0.15) is 0 Å². The predicted molar refractivity (Wildman–Crippen MR) is 57.9 cm³/mol. The average molecular weight is 227 g/mol. The van der Waals surface area contributed by atoms with Crippen LogP contribution in [0.25, 0.3) is 0 Å². The molecule has 0 amide bonds. The minimum absolute atomic E-state index is 0.0150. The van der Waals surface area contributed by atoms with Crippen molar-refractivity contribution < 1.29 is 13.5 Å². The first-order chi connectivity index (χ1) is 6.86. The summed E-state index contributed by atoms with van der Waals surface area (Å²) in [6.07, 6.45) is 0. The number of phenols is 1. The molecule has 5 heteroatoms. The predicted octanol–water partition coefficient (Wildman–Crippen LogP) is 1.37. The molecule has 0 radical (unpaired) electrons. The van der Waals surface area contributed by atoms with E-state index >= 15 is 0 Å². The highest BCUT2D eigenvalue weighted by Gasteiger charge is 2.42. The third kappa shape index (κ3) is 1.30. The second-order valence-electron chi connectivity index (χ2n) is 4.27. The first-order valence-electron chi connectivity index (χ1n) is 4.67. The van der Waals surface area contributed by atoms with Crippen molar-refractivity contribution in [1.82, 2.24) is 0 Å². The second-order valence-corrected chi connectivity index (χ2v) is 6.79. The first kappa shape index (κ1) is 10.3. The molecule has 0 fully saturated rings. The van der Waals surface area contributed by atoms with Crippen LogP contribution in [0, 0.1) is 0 Å². The van der Waals surface area contributed by atoms with Crippen LogP contribution in [0.4, 0.5) is 5.69 Å². The summed E-state index contributed by atoms with van der Waals surface area (Å²) in [6.45, 7) is 3.64. The summed E-state index contributed by atoms with van der Waals surface area (Å²) in [6, 6.07) is 4.66. The van der Waals surface area contributed by atoms with Crippen molar-refractivity contribution in [3.8, 4) is 5.75 Å². The molecule has 2 rings (SSSR count). The molecule has 1 aromatic rings. The highest BCUT2D eigenvalue weighted by Crippen LogP contribution is 2.40. The molecule has 0 bridgehead atoms. The summed E-state index contributed by atoms with van der Waals surface area (Å²) in [5, 5.41) is 12.6. The third-order valence-corrected chi connectivity index (χ3v) is 5.26. The molecule has 1 aromatic carbocycles. The lowest BCUT2D eigenvalue weighted by atomic mass is 10.2. The standard InChI is InChI=1S/C10H13NO3S/c1-10(2)6-11-7-4-3-5-8(12)9(7)15(10,13)14/h3-5,11-12H,6H2,1-2H3. The Kier molecular flexibility index (Phi) is 1.98. The van der Waals surface area contributed by atoms with E-state index < -0.39 is 14.6 Å². The molecule has 0 unspecified atom stereocenters. The first-order valence-corrected chi connectivity index (χ1v) is 6.15. The van der Waals surface area contributed by atoms with Crippen molar-refractivity contribution in [2.75, 3.05) is 11.9 Å². The Morgan fingerprint density at radius 2 is 2.07 bits per heavy atom. The van der Waals surface area contributed by atoms with E-state index in [2.05, 4.69) is 5.32 Å². The van der Waals surface area contributed by atoms with E-state index in [1.807, 2.05) is 0 Å². The SMILES string of the molecule is CC1(C)CNc2cccc(O)c2S1(=O)=O. The lowest BCUT2D eigenvalue weighted by Crippen LogP contribution is -2.42. The van der Waals surface area contributed by atoms with E-state index in [-0.39, 0.29) is 10.6 Å². The molecule has 82 valence electrons. The topological polar surface area (TPSA) is 66.4 Å². The number of hydrogen-bond acceptors (Lipinski definition) is 4. The maximum Gasteiger partial charge on any atom is 0.190 e. The van der Waals surface area contributed by atoms with Crippen LogP contribution in [0.1, 0.15) is 13.8 Å². The van der Waals surface area contributed by atoms with Gasteiger partial charge in [-0.05, 0) is 26.0 Å². The van der Waals surface area contributed by atoms with E-state index in [1.54, 1.807) is 26.0 Å². The summed E-state index contributed by atoms with van der Waals surface area (Å²) in [4.78, 5) is 0.0150. The Bertz CT molecular complexity index is 505. The van der Waals surface area contributed by atoms with Crippen LogP contribution in [0.2, 0.25) is 0 Å². The van der Waals surface area contributed by atoms with Gasteiger partial charge in [0, 0.05) is 6.54 Å². The fourth-order valence-electron chi connectivity index (χ4n) is 1.63. The number of benzene rings is 1. The molecule has 0 aliphatic carbocycles. The Hall–Kier alpha value is -1.23. The van der Waals surface area contributed by atoms with Gasteiger partial charge in [0.2, 0.25) is 0 Å². The molecule has 0 saturated heterocycles. The zero-order chi connectivity index (χ0) is 11.3. The Morgan fingerprint density at radius 1 is 1.40 bits per heavy atom. The number of hydrogen-bond donors (Lipinski definition) is 2. The van der Waals surface area contributed by atoms with Gasteiger partial charge in [0.25, 0.3) is 0 Å². The molecule has 0 saturated carbocycles. The summed E-state index contributed by atoms with van der Waals surface area (Å²) >= 11 is 0. The maximum absolute atomic E-state index is 12.1. The largest absolute Gasteiger partial charge is 0.507 e. The van der Waals surface area contributed by atoms with E-state index in [0.717, 1.165) is 0 Å². The fourth-order valence-corrected chi connectivity index (χ4v) is 3.21. The Balaban J connectivity index is 2.78. The highest BCUT2D eigenvalue weighted by molar-refractivity contribution is 7.93. The van der Waals surface area contributed by atoms with Crippen LogP contribution in [0.15, 0.2) is 23.1 Å². The van der Waals surface area contributed by atoms with E-state index in [1.165, 1.54) is 6.07 Å². The number of aromatic hydroxyl groups is 1. The number of phenolic OH excluding ortho intramolecular Hbond substituents is 1. The zero-order valence-electron chi connectivity index (χ0n) is 8.61. The molecule has 0 aromatic heterocycles. The summed E-state index contributed by atoms with van der Waals surface area (Å²) in [5.74, 6) is -0.187. The molecular weight excluding hydrogens is 214 g/mol. The van der Waals surface area contributed by atoms with Crippen LogP contribution < -0.4 is 5.32 Å². The van der Waals surface area contributed by atoms with Crippen LogP contribution >= 0.6 is 0 Å². The summed E-state index contributed by atoms with van der Waals surface area (Å²) in [5.41, 5.74) is 0.481. The third-order valence-electron chi connectivity index (χ3n) is 2.70. The van der Waals surface area contributed by atoms with Crippen LogP contribution in [-0.4, -0.2) is 24.8 Å². The van der Waals surface area contributed by atoms with Crippen molar-refractivity contribution in [2.24, 2.45) is 0 Å². The summed E-state index contributed by atoms with van der Waals surface area (Å²) < 4.78 is 23.4. The molecule has 15 heavy (non-hydrogen) atoms. The minimum Gasteiger partial charge on any atom is -0.507 e. The number of fused-ring (bicyclic) bond motifs is 1. The van der Waals surface area contributed by atoms with Crippen molar-refractivity contribution in [3.05, 3.63) is 18.2 Å². The molecule has 1 aliphatic heterocycles. The monoisotopic (exact) mass is 227 g/mol. The van der Waals surface area contributed by atoms with E-state index in [0.29, 0.717) is 12.2 Å². The van der Waals surface area contributed by atoms with Gasteiger partial charge >= 0.3 is 0 Å². The molecule has 0 atom stereocenters. The number of nitrogens with one attached hydrogen (secondary N) is 1. The molecular formula is C10H13NO3S. The Labute approximate surface area is 88.9 Å². The van der Waals surface area contributed by atoms with Crippen LogP contribution in [-0.2, 0) is 9.84 Å². The van der Waals surface area contributed by atoms with Crippen molar-refractivity contribution >= 4 is 15.5 Å². The number of anilines is 1. The van der Waals surface area contributed by atoms with Gasteiger partial charge in [0.05, 0.1) is 10.4 Å². The van der Waals surface area contributed by atoms with Gasteiger partial charge in [-0.1, -0.05) is 6.07 Å². The Morgan fingerprint density at radius 3 is 2.73 bits per heavy atom. The quantitative estimate of drug-likeness (QED) is 0.702. The van der Waals surface area contributed by atoms with Crippen LogP contribution in [0.5, 0.6) is 5.75 Å². The van der Waals surface area contributed by atoms with Gasteiger partial charge in [-0.25, -0.2) is 8.42 Å². The molecule has 4 nitrogen and oxygen atoms in total. The number of rotatable bonds is 0. The lowest BCUT2D eigenvalue weighted by Gasteiger charge is -2.32. The van der Waals surface area contributed by atoms with Crippen LogP contribution in [0.3, 0.4) is 0 Å². The minimum atomic E-state index is -3.46. The maximum atomic E-state index is 12.1. The molecule has 1 aliphatic rings. The van der Waals surface area contributed by atoms with Crippen molar-refractivity contribution in [1.29, 1.82) is 0 Å². The fraction of sp³-hybridized carbons (Fsp3) is 0.400. The van der Waals surface area contributed by atoms with Gasteiger partial charge in [-0.15, -0.1) is 0 Å². The molecule has 1 heterocycles. The van der Waals surface area contributed by atoms with Crippen molar-refractivity contribution in [3.63, 3.8) is 0 Å². The van der Waals surface area contributed by atoms with Gasteiger partial charge < -0.3 is 10.4 Å². The lowest BCUT2D eigenvalue weighted by molar-refractivity contribution is 0.455. The zero-order valence-corrected chi connectivity index (χ0v) is 9.43. The van der Waals surface area contributed by atoms with E-state index in [9.17, 15) is 13.5 Å². The summed E-state index contributed by atoms with van der Waals surface area (Å²) in [7, 11) is -3.46. The highest BCUT2D eigenvalue weighted by atomic mass is 32.2. The van der Waals surface area contributed by atoms with Gasteiger partial charge in [0.15, 0.2) is 9.84 Å². The smallest absolute Gasteiger partial charge is 0.190 e.